The highest BCUT2D eigenvalue weighted by Crippen LogP contribution is 2.25. The zero-order chi connectivity index (χ0) is 12.6. The van der Waals surface area contributed by atoms with E-state index in [1.54, 1.807) is 19.9 Å². The lowest BCUT2D eigenvalue weighted by Crippen LogP contribution is -2.28. The Morgan fingerprint density at radius 1 is 1.53 bits per heavy atom. The first-order valence-corrected chi connectivity index (χ1v) is 5.23. The SMILES string of the molecule is CC(C)(C#N)Nc1cc(F)c2c(c1)C(=O)NC2. The van der Waals surface area contributed by atoms with Gasteiger partial charge in [0.1, 0.15) is 11.4 Å². The van der Waals surface area contributed by atoms with Gasteiger partial charge in [0, 0.05) is 23.4 Å². The highest BCUT2D eigenvalue weighted by atomic mass is 19.1. The molecule has 1 aromatic carbocycles. The van der Waals surface area contributed by atoms with Crippen molar-refractivity contribution < 1.29 is 9.18 Å². The van der Waals surface area contributed by atoms with Crippen LogP contribution < -0.4 is 10.6 Å². The summed E-state index contributed by atoms with van der Waals surface area (Å²) in [6, 6.07) is 4.93. The number of rotatable bonds is 2. The van der Waals surface area contributed by atoms with Gasteiger partial charge in [-0.3, -0.25) is 4.79 Å². The number of carbonyl (C=O) groups is 1. The molecule has 4 nitrogen and oxygen atoms in total. The van der Waals surface area contributed by atoms with Crippen LogP contribution in [0, 0.1) is 17.1 Å². The Bertz CT molecular complexity index is 531. The van der Waals surface area contributed by atoms with Crippen molar-refractivity contribution in [2.24, 2.45) is 0 Å². The molecule has 0 unspecified atom stereocenters. The van der Waals surface area contributed by atoms with Crippen molar-refractivity contribution >= 4 is 11.6 Å². The summed E-state index contributed by atoms with van der Waals surface area (Å²) in [7, 11) is 0. The van der Waals surface area contributed by atoms with E-state index in [2.05, 4.69) is 16.7 Å². The van der Waals surface area contributed by atoms with Gasteiger partial charge in [-0.05, 0) is 26.0 Å². The Hall–Kier alpha value is -2.09. The lowest BCUT2D eigenvalue weighted by molar-refractivity contribution is 0.0966. The maximum Gasteiger partial charge on any atom is 0.252 e. The van der Waals surface area contributed by atoms with Crippen LogP contribution in [-0.2, 0) is 6.54 Å². The molecular weight excluding hydrogens is 221 g/mol. The van der Waals surface area contributed by atoms with Crippen molar-refractivity contribution in [2.45, 2.75) is 25.9 Å². The molecule has 5 heteroatoms. The summed E-state index contributed by atoms with van der Waals surface area (Å²) in [6.45, 7) is 3.58. The van der Waals surface area contributed by atoms with Crippen molar-refractivity contribution in [3.8, 4) is 6.07 Å². The summed E-state index contributed by atoms with van der Waals surface area (Å²) in [5, 5.41) is 14.3. The minimum atomic E-state index is -0.810. The summed E-state index contributed by atoms with van der Waals surface area (Å²) >= 11 is 0. The minimum Gasteiger partial charge on any atom is -0.368 e. The Morgan fingerprint density at radius 3 is 2.88 bits per heavy atom. The van der Waals surface area contributed by atoms with Gasteiger partial charge in [-0.25, -0.2) is 4.39 Å². The summed E-state index contributed by atoms with van der Waals surface area (Å²) in [5.41, 5.74) is 0.344. The quantitative estimate of drug-likeness (QED) is 0.818. The fraction of sp³-hybridized carbons (Fsp3) is 0.333. The van der Waals surface area contributed by atoms with Gasteiger partial charge in [0.25, 0.3) is 5.91 Å². The number of nitrogens with zero attached hydrogens (tertiary/aromatic N) is 1. The average molecular weight is 233 g/mol. The van der Waals surface area contributed by atoms with E-state index in [9.17, 15) is 9.18 Å². The zero-order valence-corrected chi connectivity index (χ0v) is 9.60. The monoisotopic (exact) mass is 233 g/mol. The number of anilines is 1. The molecule has 0 bridgehead atoms. The Labute approximate surface area is 98.4 Å². The third kappa shape index (κ3) is 2.07. The van der Waals surface area contributed by atoms with Crippen molar-refractivity contribution in [1.29, 1.82) is 5.26 Å². The number of benzene rings is 1. The summed E-state index contributed by atoms with van der Waals surface area (Å²) in [5.74, 6) is -0.714. The zero-order valence-electron chi connectivity index (χ0n) is 9.60. The molecule has 0 saturated heterocycles. The van der Waals surface area contributed by atoms with Crippen LogP contribution in [-0.4, -0.2) is 11.4 Å². The molecule has 0 fully saturated rings. The standard InChI is InChI=1S/C12H12FN3O/c1-12(2,6-14)16-7-3-8-9(10(13)4-7)5-15-11(8)17/h3-4,16H,5H2,1-2H3,(H,15,17). The molecule has 0 aromatic heterocycles. The number of hydrogen-bond acceptors (Lipinski definition) is 3. The van der Waals surface area contributed by atoms with E-state index in [1.165, 1.54) is 6.07 Å². The van der Waals surface area contributed by atoms with Gasteiger partial charge in [0.15, 0.2) is 0 Å². The number of halogens is 1. The van der Waals surface area contributed by atoms with E-state index in [4.69, 9.17) is 5.26 Å². The summed E-state index contributed by atoms with van der Waals surface area (Å²) in [4.78, 5) is 11.4. The predicted molar refractivity (Wildman–Crippen MR) is 60.9 cm³/mol. The number of fused-ring (bicyclic) bond motifs is 1. The van der Waals surface area contributed by atoms with Crippen molar-refractivity contribution in [2.75, 3.05) is 5.32 Å². The second kappa shape index (κ2) is 3.74. The molecule has 0 saturated carbocycles. The third-order valence-electron chi connectivity index (χ3n) is 2.60. The molecule has 0 atom stereocenters. The van der Waals surface area contributed by atoms with E-state index in [0.29, 0.717) is 16.8 Å². The molecule has 88 valence electrons. The third-order valence-corrected chi connectivity index (χ3v) is 2.60. The lowest BCUT2D eigenvalue weighted by atomic mass is 10.0. The average Bonchev–Trinajstić information content (AvgIpc) is 2.61. The van der Waals surface area contributed by atoms with Crippen LogP contribution in [0.15, 0.2) is 12.1 Å². The molecule has 1 aliphatic heterocycles. The molecule has 17 heavy (non-hydrogen) atoms. The molecule has 0 aliphatic carbocycles. The first kappa shape index (κ1) is 11.4. The van der Waals surface area contributed by atoms with Gasteiger partial charge in [-0.2, -0.15) is 5.26 Å². The van der Waals surface area contributed by atoms with Gasteiger partial charge in [-0.15, -0.1) is 0 Å². The maximum absolute atomic E-state index is 13.7. The van der Waals surface area contributed by atoms with Crippen molar-refractivity contribution in [3.63, 3.8) is 0 Å². The van der Waals surface area contributed by atoms with Crippen LogP contribution in [0.4, 0.5) is 10.1 Å². The molecular formula is C12H12FN3O. The van der Waals surface area contributed by atoms with Crippen LogP contribution in [0.3, 0.4) is 0 Å². The predicted octanol–water partition coefficient (Wildman–Crippen LogP) is 1.78. The van der Waals surface area contributed by atoms with Crippen LogP contribution in [0.25, 0.3) is 0 Å². The van der Waals surface area contributed by atoms with Gasteiger partial charge >= 0.3 is 0 Å². The minimum absolute atomic E-state index is 0.224. The van der Waals surface area contributed by atoms with Crippen molar-refractivity contribution in [3.05, 3.63) is 29.1 Å². The Morgan fingerprint density at radius 2 is 2.24 bits per heavy atom. The van der Waals surface area contributed by atoms with Crippen LogP contribution in [0.5, 0.6) is 0 Å². The normalized spacial score (nSPS) is 13.9. The Kier molecular flexibility index (Phi) is 2.50. The molecule has 1 heterocycles. The fourth-order valence-electron chi connectivity index (χ4n) is 1.74. The molecule has 2 rings (SSSR count). The van der Waals surface area contributed by atoms with Gasteiger partial charge < -0.3 is 10.6 Å². The fourth-order valence-corrected chi connectivity index (χ4v) is 1.74. The topological polar surface area (TPSA) is 64.9 Å². The number of carbonyl (C=O) groups excluding carboxylic acids is 1. The second-order valence-corrected chi connectivity index (χ2v) is 4.53. The molecule has 2 N–H and O–H groups in total. The van der Waals surface area contributed by atoms with E-state index < -0.39 is 11.4 Å². The van der Waals surface area contributed by atoms with Gasteiger partial charge in [-0.1, -0.05) is 0 Å². The summed E-state index contributed by atoms with van der Waals surface area (Å²) in [6.07, 6.45) is 0. The second-order valence-electron chi connectivity index (χ2n) is 4.53. The molecule has 1 amide bonds. The Balaban J connectivity index is 2.40. The smallest absolute Gasteiger partial charge is 0.252 e. The van der Waals surface area contributed by atoms with E-state index in [0.717, 1.165) is 0 Å². The first-order valence-electron chi connectivity index (χ1n) is 5.23. The van der Waals surface area contributed by atoms with Crippen LogP contribution in [0.1, 0.15) is 29.8 Å². The number of nitriles is 1. The lowest BCUT2D eigenvalue weighted by Gasteiger charge is -2.19. The highest BCUT2D eigenvalue weighted by molar-refractivity contribution is 5.99. The molecule has 0 radical (unpaired) electrons. The van der Waals surface area contributed by atoms with Crippen LogP contribution >= 0.6 is 0 Å². The van der Waals surface area contributed by atoms with E-state index >= 15 is 0 Å². The first-order chi connectivity index (χ1) is 7.93. The maximum atomic E-state index is 13.7. The number of hydrogen-bond donors (Lipinski definition) is 2. The molecule has 1 aliphatic rings. The van der Waals surface area contributed by atoms with Crippen LogP contribution in [0.2, 0.25) is 0 Å². The van der Waals surface area contributed by atoms with E-state index in [-0.39, 0.29) is 12.5 Å². The highest BCUT2D eigenvalue weighted by Gasteiger charge is 2.24. The van der Waals surface area contributed by atoms with E-state index in [1.807, 2.05) is 0 Å². The van der Waals surface area contributed by atoms with Crippen molar-refractivity contribution in [1.82, 2.24) is 5.32 Å². The molecule has 1 aromatic rings. The van der Waals surface area contributed by atoms with Gasteiger partial charge in [0.2, 0.25) is 0 Å². The largest absolute Gasteiger partial charge is 0.368 e. The molecule has 0 spiro atoms. The number of amides is 1. The van der Waals surface area contributed by atoms with Gasteiger partial charge in [0.05, 0.1) is 6.07 Å². The summed E-state index contributed by atoms with van der Waals surface area (Å²) < 4.78 is 13.7. The number of nitrogens with one attached hydrogen (secondary N) is 2.